The summed E-state index contributed by atoms with van der Waals surface area (Å²) in [4.78, 5) is 14.9. The Balaban J connectivity index is 1.54. The number of hydrogen-bond acceptors (Lipinski definition) is 2. The van der Waals surface area contributed by atoms with Crippen LogP contribution < -0.4 is 0 Å². The first kappa shape index (κ1) is 16.2. The van der Waals surface area contributed by atoms with E-state index in [1.165, 1.54) is 5.56 Å². The summed E-state index contributed by atoms with van der Waals surface area (Å²) in [6.07, 6.45) is 8.55. The summed E-state index contributed by atoms with van der Waals surface area (Å²) in [5.74, 6) is 0.866. The Hall–Kier alpha value is -2.33. The minimum absolute atomic E-state index is 0.110. The van der Waals surface area contributed by atoms with E-state index in [2.05, 4.69) is 29.2 Å². The molecule has 0 spiro atoms. The van der Waals surface area contributed by atoms with E-state index in [0.717, 1.165) is 31.7 Å². The molecule has 0 bridgehead atoms. The lowest BCUT2D eigenvalue weighted by molar-refractivity contribution is -0.128. The highest BCUT2D eigenvalue weighted by molar-refractivity contribution is 5.92. The molecule has 0 unspecified atom stereocenters. The number of rotatable bonds is 3. The lowest BCUT2D eigenvalue weighted by Crippen LogP contribution is -2.41. The van der Waals surface area contributed by atoms with E-state index in [0.29, 0.717) is 11.8 Å². The second kappa shape index (κ2) is 6.89. The molecule has 0 aliphatic carbocycles. The Bertz CT molecular complexity index is 765. The van der Waals surface area contributed by atoms with Crippen LogP contribution in [-0.2, 0) is 16.6 Å². The number of carbonyl (C=O) groups excluding carboxylic acids is 1. The molecular weight excluding hydrogens is 312 g/mol. The zero-order valence-electron chi connectivity index (χ0n) is 14.5. The first-order valence-electron chi connectivity index (χ1n) is 8.96. The van der Waals surface area contributed by atoms with Crippen molar-refractivity contribution >= 4 is 12.0 Å². The van der Waals surface area contributed by atoms with Crippen LogP contribution in [0.1, 0.15) is 23.5 Å². The fourth-order valence-corrected chi connectivity index (χ4v) is 4.20. The SMILES string of the molecule is Cn1ccc(/C=C/C(=O)N2C[C@H](c3ccccc3)[C@@H]3COCC[C@H]32)c1. The molecule has 0 N–H and O–H groups in total. The topological polar surface area (TPSA) is 34.5 Å². The number of aryl methyl sites for hydroxylation is 1. The standard InChI is InChI=1S/C21H24N2O2/c1-22-11-9-16(13-22)7-8-21(24)23-14-18(17-5-3-2-4-6-17)19-15-25-12-10-20(19)23/h2-9,11,13,18-20H,10,12,14-15H2,1H3/b8-7+/t18-,19+,20-/m1/s1. The van der Waals surface area contributed by atoms with Crippen molar-refractivity contribution in [1.29, 1.82) is 0 Å². The van der Waals surface area contributed by atoms with Crippen LogP contribution in [0.25, 0.3) is 6.08 Å². The summed E-state index contributed by atoms with van der Waals surface area (Å²) in [5.41, 5.74) is 2.36. The molecule has 2 aliphatic heterocycles. The summed E-state index contributed by atoms with van der Waals surface area (Å²) in [7, 11) is 1.98. The molecule has 1 aromatic carbocycles. The van der Waals surface area contributed by atoms with E-state index in [-0.39, 0.29) is 11.9 Å². The Morgan fingerprint density at radius 3 is 2.84 bits per heavy atom. The molecule has 1 aromatic heterocycles. The molecule has 4 rings (SSSR count). The number of benzene rings is 1. The number of aromatic nitrogens is 1. The fourth-order valence-electron chi connectivity index (χ4n) is 4.20. The van der Waals surface area contributed by atoms with Crippen LogP contribution in [0.3, 0.4) is 0 Å². The average Bonchev–Trinajstić information content (AvgIpc) is 3.24. The van der Waals surface area contributed by atoms with E-state index in [1.54, 1.807) is 6.08 Å². The molecule has 2 saturated heterocycles. The van der Waals surface area contributed by atoms with Crippen molar-refractivity contribution in [3.8, 4) is 0 Å². The maximum Gasteiger partial charge on any atom is 0.246 e. The fraction of sp³-hybridized carbons (Fsp3) is 0.381. The number of hydrogen-bond donors (Lipinski definition) is 0. The smallest absolute Gasteiger partial charge is 0.246 e. The summed E-state index contributed by atoms with van der Waals surface area (Å²) in [6.45, 7) is 2.27. The average molecular weight is 336 g/mol. The third kappa shape index (κ3) is 3.27. The van der Waals surface area contributed by atoms with Gasteiger partial charge in [0.25, 0.3) is 0 Å². The molecule has 4 heteroatoms. The number of fused-ring (bicyclic) bond motifs is 1. The van der Waals surface area contributed by atoms with Crippen LogP contribution in [-0.4, -0.2) is 41.2 Å². The predicted molar refractivity (Wildman–Crippen MR) is 98.1 cm³/mol. The van der Waals surface area contributed by atoms with Gasteiger partial charge in [0.1, 0.15) is 0 Å². The molecule has 2 aliphatic rings. The second-order valence-electron chi connectivity index (χ2n) is 7.05. The van der Waals surface area contributed by atoms with Crippen LogP contribution in [0, 0.1) is 5.92 Å². The molecule has 3 atom stereocenters. The van der Waals surface area contributed by atoms with Gasteiger partial charge in [0, 0.05) is 56.5 Å². The van der Waals surface area contributed by atoms with Gasteiger partial charge in [0.2, 0.25) is 5.91 Å². The van der Waals surface area contributed by atoms with Gasteiger partial charge in [0.05, 0.1) is 6.61 Å². The van der Waals surface area contributed by atoms with Crippen molar-refractivity contribution in [3.05, 3.63) is 66.0 Å². The monoisotopic (exact) mass is 336 g/mol. The number of ether oxygens (including phenoxy) is 1. The molecule has 0 saturated carbocycles. The van der Waals surface area contributed by atoms with Gasteiger partial charge >= 0.3 is 0 Å². The van der Waals surface area contributed by atoms with Gasteiger partial charge in [-0.3, -0.25) is 4.79 Å². The molecule has 4 nitrogen and oxygen atoms in total. The van der Waals surface area contributed by atoms with Crippen LogP contribution in [0.15, 0.2) is 54.9 Å². The van der Waals surface area contributed by atoms with Crippen molar-refractivity contribution in [1.82, 2.24) is 9.47 Å². The molecular formula is C21H24N2O2. The predicted octanol–water partition coefficient (Wildman–Crippen LogP) is 3.07. The highest BCUT2D eigenvalue weighted by Crippen LogP contribution is 2.40. The zero-order valence-corrected chi connectivity index (χ0v) is 14.5. The Morgan fingerprint density at radius 2 is 2.08 bits per heavy atom. The lowest BCUT2D eigenvalue weighted by Gasteiger charge is -2.32. The van der Waals surface area contributed by atoms with Crippen LogP contribution >= 0.6 is 0 Å². The number of likely N-dealkylation sites (tertiary alicyclic amines) is 1. The van der Waals surface area contributed by atoms with Gasteiger partial charge in [0.15, 0.2) is 0 Å². The van der Waals surface area contributed by atoms with Crippen LogP contribution in [0.2, 0.25) is 0 Å². The summed E-state index contributed by atoms with van der Waals surface area (Å²) in [5, 5.41) is 0. The second-order valence-corrected chi connectivity index (χ2v) is 7.05. The minimum Gasteiger partial charge on any atom is -0.381 e. The van der Waals surface area contributed by atoms with Crippen molar-refractivity contribution in [2.75, 3.05) is 19.8 Å². The molecule has 2 fully saturated rings. The number of nitrogens with zero attached hydrogens (tertiary/aromatic N) is 2. The van der Waals surface area contributed by atoms with Gasteiger partial charge < -0.3 is 14.2 Å². The van der Waals surface area contributed by atoms with Gasteiger partial charge in [-0.15, -0.1) is 0 Å². The highest BCUT2D eigenvalue weighted by Gasteiger charge is 2.45. The third-order valence-corrected chi connectivity index (χ3v) is 5.46. The normalized spacial score (nSPS) is 26.1. The molecule has 25 heavy (non-hydrogen) atoms. The summed E-state index contributed by atoms with van der Waals surface area (Å²) in [6, 6.07) is 12.8. The van der Waals surface area contributed by atoms with E-state index in [1.807, 2.05) is 42.2 Å². The maximum absolute atomic E-state index is 12.8. The Morgan fingerprint density at radius 1 is 1.24 bits per heavy atom. The van der Waals surface area contributed by atoms with Crippen LogP contribution in [0.5, 0.6) is 0 Å². The van der Waals surface area contributed by atoms with E-state index in [9.17, 15) is 4.79 Å². The molecule has 2 aromatic rings. The summed E-state index contributed by atoms with van der Waals surface area (Å²) >= 11 is 0. The van der Waals surface area contributed by atoms with Gasteiger partial charge in [-0.1, -0.05) is 30.3 Å². The number of carbonyl (C=O) groups is 1. The quantitative estimate of drug-likeness (QED) is 0.808. The van der Waals surface area contributed by atoms with Gasteiger partial charge in [-0.2, -0.15) is 0 Å². The molecule has 130 valence electrons. The highest BCUT2D eigenvalue weighted by atomic mass is 16.5. The molecule has 3 heterocycles. The molecule has 0 radical (unpaired) electrons. The lowest BCUT2D eigenvalue weighted by atomic mass is 9.84. The Kier molecular flexibility index (Phi) is 4.45. The largest absolute Gasteiger partial charge is 0.381 e. The van der Waals surface area contributed by atoms with Gasteiger partial charge in [-0.05, 0) is 29.7 Å². The van der Waals surface area contributed by atoms with Crippen molar-refractivity contribution in [2.45, 2.75) is 18.4 Å². The first-order valence-corrected chi connectivity index (χ1v) is 8.96. The summed E-state index contributed by atoms with van der Waals surface area (Å²) < 4.78 is 7.72. The first-order chi connectivity index (χ1) is 12.2. The number of amides is 1. The maximum atomic E-state index is 12.8. The van der Waals surface area contributed by atoms with E-state index >= 15 is 0 Å². The Labute approximate surface area is 148 Å². The minimum atomic E-state index is 0.110. The van der Waals surface area contributed by atoms with E-state index < -0.39 is 0 Å². The van der Waals surface area contributed by atoms with Gasteiger partial charge in [-0.25, -0.2) is 0 Å². The van der Waals surface area contributed by atoms with Crippen LogP contribution in [0.4, 0.5) is 0 Å². The van der Waals surface area contributed by atoms with Crippen molar-refractivity contribution in [2.24, 2.45) is 13.0 Å². The van der Waals surface area contributed by atoms with E-state index in [4.69, 9.17) is 4.74 Å². The van der Waals surface area contributed by atoms with Crippen molar-refractivity contribution in [3.63, 3.8) is 0 Å². The zero-order chi connectivity index (χ0) is 17.2. The third-order valence-electron chi connectivity index (χ3n) is 5.46. The van der Waals surface area contributed by atoms with Crippen molar-refractivity contribution < 1.29 is 9.53 Å². The molecule has 1 amide bonds.